The first kappa shape index (κ1) is 19.3. The highest BCUT2D eigenvalue weighted by molar-refractivity contribution is 5.88. The van der Waals surface area contributed by atoms with Gasteiger partial charge in [-0.05, 0) is 18.1 Å². The lowest BCUT2D eigenvalue weighted by Gasteiger charge is -2.32. The van der Waals surface area contributed by atoms with Crippen molar-refractivity contribution in [1.82, 2.24) is 0 Å². The van der Waals surface area contributed by atoms with E-state index in [1.54, 1.807) is 30.3 Å². The first-order chi connectivity index (χ1) is 12.0. The normalized spacial score (nSPS) is 23.1. The predicted octanol–water partition coefficient (Wildman–Crippen LogP) is 5.09. The van der Waals surface area contributed by atoms with Gasteiger partial charge >= 0.3 is 5.97 Å². The molecule has 0 bridgehead atoms. The summed E-state index contributed by atoms with van der Waals surface area (Å²) in [6, 6.07) is 8.48. The number of carboxylic acid groups (broad SMARTS) is 1. The molecule has 0 aromatic heterocycles. The second-order valence-electron chi connectivity index (χ2n) is 6.18. The van der Waals surface area contributed by atoms with Crippen molar-refractivity contribution in [3.05, 3.63) is 53.9 Å². The van der Waals surface area contributed by atoms with Gasteiger partial charge in [-0.1, -0.05) is 69.0 Å². The maximum absolute atomic E-state index is 14.7. The van der Waals surface area contributed by atoms with E-state index in [4.69, 9.17) is 4.74 Å². The number of ether oxygens (including phenoxy) is 1. The monoisotopic (exact) mass is 350 g/mol. The summed E-state index contributed by atoms with van der Waals surface area (Å²) in [5.74, 6) is -2.63. The molecule has 0 amide bonds. The first-order valence-corrected chi connectivity index (χ1v) is 8.68. The van der Waals surface area contributed by atoms with E-state index < -0.39 is 23.6 Å². The molecule has 0 aliphatic heterocycles. The van der Waals surface area contributed by atoms with Gasteiger partial charge in [0.25, 0.3) is 0 Å². The van der Waals surface area contributed by atoms with E-state index in [0.29, 0.717) is 12.0 Å². The third kappa shape index (κ3) is 4.34. The van der Waals surface area contributed by atoms with E-state index in [-0.39, 0.29) is 12.2 Å². The minimum atomic E-state index is -2.37. The van der Waals surface area contributed by atoms with Crippen LogP contribution in [0.3, 0.4) is 0 Å². The van der Waals surface area contributed by atoms with Crippen LogP contribution in [0.4, 0.5) is 8.78 Å². The van der Waals surface area contributed by atoms with Gasteiger partial charge in [0.05, 0.1) is 0 Å². The van der Waals surface area contributed by atoms with Gasteiger partial charge in [-0.3, -0.25) is 0 Å². The van der Waals surface area contributed by atoms with Crippen LogP contribution in [-0.2, 0) is 9.53 Å². The van der Waals surface area contributed by atoms with Crippen molar-refractivity contribution in [3.8, 4) is 0 Å². The Kier molecular flexibility index (Phi) is 6.88. The van der Waals surface area contributed by atoms with Gasteiger partial charge in [-0.2, -0.15) is 0 Å². The standard InChI is InChI=1S/C20H24F2O3/c1-2-3-4-5-9-14-25-20(19(23)24)13-12-16(17(21)18(20)22)15-10-7-6-8-11-15/h6-8,10-13,18H,2-5,9,14H2,1H3,(H,23,24). The van der Waals surface area contributed by atoms with Crippen LogP contribution in [0.25, 0.3) is 5.57 Å². The Balaban J connectivity index is 2.12. The van der Waals surface area contributed by atoms with Gasteiger partial charge < -0.3 is 9.84 Å². The Morgan fingerprint density at radius 3 is 2.52 bits per heavy atom. The molecule has 0 heterocycles. The van der Waals surface area contributed by atoms with Crippen molar-refractivity contribution in [3.63, 3.8) is 0 Å². The predicted molar refractivity (Wildman–Crippen MR) is 93.6 cm³/mol. The fraction of sp³-hybridized carbons (Fsp3) is 0.450. The summed E-state index contributed by atoms with van der Waals surface area (Å²) < 4.78 is 34.6. The summed E-state index contributed by atoms with van der Waals surface area (Å²) in [5, 5.41) is 9.47. The molecule has 0 spiro atoms. The number of aliphatic carboxylic acids is 1. The van der Waals surface area contributed by atoms with Gasteiger partial charge in [0.15, 0.2) is 6.17 Å². The van der Waals surface area contributed by atoms with Crippen molar-refractivity contribution in [2.75, 3.05) is 6.61 Å². The van der Waals surface area contributed by atoms with Gasteiger partial charge in [0.1, 0.15) is 5.83 Å². The summed E-state index contributed by atoms with van der Waals surface area (Å²) >= 11 is 0. The van der Waals surface area contributed by atoms with Gasteiger partial charge in [0, 0.05) is 12.2 Å². The quantitative estimate of drug-likeness (QED) is 0.631. The Labute approximate surface area is 147 Å². The van der Waals surface area contributed by atoms with Crippen molar-refractivity contribution < 1.29 is 23.4 Å². The van der Waals surface area contributed by atoms with Crippen LogP contribution >= 0.6 is 0 Å². The molecule has 2 atom stereocenters. The van der Waals surface area contributed by atoms with E-state index in [0.717, 1.165) is 31.8 Å². The molecule has 5 heteroatoms. The zero-order chi connectivity index (χ0) is 18.3. The Hall–Kier alpha value is -2.01. The topological polar surface area (TPSA) is 46.5 Å². The van der Waals surface area contributed by atoms with E-state index in [1.165, 1.54) is 6.08 Å². The second-order valence-corrected chi connectivity index (χ2v) is 6.18. The molecule has 1 N–H and O–H groups in total. The maximum Gasteiger partial charge on any atom is 0.343 e. The molecule has 0 saturated heterocycles. The number of alkyl halides is 1. The molecule has 2 rings (SSSR count). The number of hydrogen-bond acceptors (Lipinski definition) is 2. The van der Waals surface area contributed by atoms with E-state index in [1.807, 2.05) is 0 Å². The number of unbranched alkanes of at least 4 members (excludes halogenated alkanes) is 4. The van der Waals surface area contributed by atoms with Crippen LogP contribution in [0.1, 0.15) is 44.6 Å². The largest absolute Gasteiger partial charge is 0.479 e. The van der Waals surface area contributed by atoms with Crippen molar-refractivity contribution in [2.24, 2.45) is 0 Å². The SMILES string of the molecule is CCCCCCCOC1(C(=O)O)C=CC(c2ccccc2)=C(F)C1F. The highest BCUT2D eigenvalue weighted by Gasteiger charge is 2.51. The summed E-state index contributed by atoms with van der Waals surface area (Å²) in [7, 11) is 0. The second kappa shape index (κ2) is 8.90. The Bertz CT molecular complexity index is 640. The van der Waals surface area contributed by atoms with Crippen LogP contribution in [0, 0.1) is 0 Å². The molecule has 1 aliphatic rings. The Morgan fingerprint density at radius 2 is 1.88 bits per heavy atom. The van der Waals surface area contributed by atoms with E-state index >= 15 is 0 Å². The number of carboxylic acids is 1. The molecule has 25 heavy (non-hydrogen) atoms. The lowest BCUT2D eigenvalue weighted by molar-refractivity contribution is -0.166. The number of rotatable bonds is 9. The van der Waals surface area contributed by atoms with Gasteiger partial charge in [-0.15, -0.1) is 0 Å². The first-order valence-electron chi connectivity index (χ1n) is 8.68. The van der Waals surface area contributed by atoms with Crippen LogP contribution in [-0.4, -0.2) is 29.5 Å². The Morgan fingerprint density at radius 1 is 1.20 bits per heavy atom. The molecular weight excluding hydrogens is 326 g/mol. The third-order valence-electron chi connectivity index (χ3n) is 4.36. The highest BCUT2D eigenvalue weighted by Crippen LogP contribution is 2.38. The van der Waals surface area contributed by atoms with Crippen molar-refractivity contribution in [2.45, 2.75) is 50.8 Å². The average molecular weight is 350 g/mol. The number of hydrogen-bond donors (Lipinski definition) is 1. The zero-order valence-corrected chi connectivity index (χ0v) is 14.4. The smallest absolute Gasteiger partial charge is 0.343 e. The summed E-state index contributed by atoms with van der Waals surface area (Å²) in [6.07, 6.45) is 4.73. The number of halogens is 2. The molecule has 1 aliphatic carbocycles. The lowest BCUT2D eigenvalue weighted by atomic mass is 9.86. The fourth-order valence-corrected chi connectivity index (χ4v) is 2.86. The highest BCUT2D eigenvalue weighted by atomic mass is 19.2. The summed E-state index contributed by atoms with van der Waals surface area (Å²) in [4.78, 5) is 11.6. The zero-order valence-electron chi connectivity index (χ0n) is 14.4. The van der Waals surface area contributed by atoms with E-state index in [9.17, 15) is 18.7 Å². The van der Waals surface area contributed by atoms with E-state index in [2.05, 4.69) is 6.92 Å². The molecular formula is C20H24F2O3. The van der Waals surface area contributed by atoms with Crippen LogP contribution in [0.2, 0.25) is 0 Å². The van der Waals surface area contributed by atoms with Gasteiger partial charge in [0.2, 0.25) is 5.60 Å². The average Bonchev–Trinajstić information content (AvgIpc) is 2.62. The molecule has 1 aromatic rings. The fourth-order valence-electron chi connectivity index (χ4n) is 2.86. The van der Waals surface area contributed by atoms with Gasteiger partial charge in [-0.25, -0.2) is 13.6 Å². The van der Waals surface area contributed by atoms with Crippen molar-refractivity contribution >= 4 is 11.5 Å². The molecule has 0 fully saturated rings. The molecule has 136 valence electrons. The maximum atomic E-state index is 14.7. The number of allylic oxidation sites excluding steroid dienone is 2. The summed E-state index contributed by atoms with van der Waals surface area (Å²) in [5.41, 5.74) is -1.75. The summed E-state index contributed by atoms with van der Waals surface area (Å²) in [6.45, 7) is 2.17. The molecule has 3 nitrogen and oxygen atoms in total. The number of carbonyl (C=O) groups is 1. The minimum Gasteiger partial charge on any atom is -0.479 e. The molecule has 2 unspecified atom stereocenters. The van der Waals surface area contributed by atoms with Crippen LogP contribution in [0.15, 0.2) is 48.3 Å². The lowest BCUT2D eigenvalue weighted by Crippen LogP contribution is -2.50. The van der Waals surface area contributed by atoms with Crippen LogP contribution < -0.4 is 0 Å². The third-order valence-corrected chi connectivity index (χ3v) is 4.36. The number of benzene rings is 1. The molecule has 1 aromatic carbocycles. The van der Waals surface area contributed by atoms with Crippen LogP contribution in [0.5, 0.6) is 0 Å². The molecule has 0 radical (unpaired) electrons. The van der Waals surface area contributed by atoms with Crippen molar-refractivity contribution in [1.29, 1.82) is 0 Å². The minimum absolute atomic E-state index is 0.0523. The molecule has 0 saturated carbocycles.